The van der Waals surface area contributed by atoms with Gasteiger partial charge < -0.3 is 9.84 Å². The summed E-state index contributed by atoms with van der Waals surface area (Å²) in [7, 11) is 0. The number of nitrogens with zero attached hydrogens (tertiary/aromatic N) is 1. The molecule has 0 aliphatic rings. The molecular formula is C13H10ClNO4. The topological polar surface area (TPSA) is 72.6 Å². The van der Waals surface area contributed by atoms with Crippen molar-refractivity contribution in [3.05, 3.63) is 63.2 Å². The smallest absolute Gasteiger partial charge is 0.276 e. The molecule has 0 saturated carbocycles. The highest BCUT2D eigenvalue weighted by Gasteiger charge is 2.14. The quantitative estimate of drug-likeness (QED) is 0.686. The van der Waals surface area contributed by atoms with Crippen molar-refractivity contribution in [3.8, 4) is 11.5 Å². The SMILES string of the molecule is O=[N+]([O-])c1ccc(Cl)cc1COc1cccc(O)c1. The van der Waals surface area contributed by atoms with E-state index in [0.717, 1.165) is 0 Å². The number of rotatable bonds is 4. The molecule has 0 fully saturated rings. The minimum atomic E-state index is -0.489. The average molecular weight is 280 g/mol. The van der Waals surface area contributed by atoms with Gasteiger partial charge in [-0.05, 0) is 24.3 Å². The molecule has 0 radical (unpaired) electrons. The van der Waals surface area contributed by atoms with Crippen LogP contribution in [0.1, 0.15) is 5.56 Å². The number of aromatic hydroxyl groups is 1. The standard InChI is InChI=1S/C13H10ClNO4/c14-10-4-5-13(15(17)18)9(6-10)8-19-12-3-1-2-11(16)7-12/h1-7,16H,8H2. The first-order chi connectivity index (χ1) is 9.06. The molecule has 1 N–H and O–H groups in total. The lowest BCUT2D eigenvalue weighted by Gasteiger charge is -2.07. The lowest BCUT2D eigenvalue weighted by atomic mass is 10.2. The third-order valence-corrected chi connectivity index (χ3v) is 2.69. The van der Waals surface area contributed by atoms with E-state index in [1.165, 1.54) is 30.3 Å². The normalized spacial score (nSPS) is 10.2. The van der Waals surface area contributed by atoms with Crippen molar-refractivity contribution in [2.45, 2.75) is 6.61 Å². The van der Waals surface area contributed by atoms with Crippen LogP contribution in [-0.2, 0) is 6.61 Å². The van der Waals surface area contributed by atoms with Crippen LogP contribution in [0.4, 0.5) is 5.69 Å². The van der Waals surface area contributed by atoms with Crippen molar-refractivity contribution < 1.29 is 14.8 Å². The Morgan fingerprint density at radius 2 is 2.05 bits per heavy atom. The Morgan fingerprint density at radius 1 is 1.26 bits per heavy atom. The van der Waals surface area contributed by atoms with Crippen molar-refractivity contribution in [3.63, 3.8) is 0 Å². The fourth-order valence-electron chi connectivity index (χ4n) is 1.58. The van der Waals surface area contributed by atoms with Crippen molar-refractivity contribution in [1.82, 2.24) is 0 Å². The maximum atomic E-state index is 10.9. The summed E-state index contributed by atoms with van der Waals surface area (Å²) < 4.78 is 5.40. The maximum absolute atomic E-state index is 10.9. The molecule has 0 bridgehead atoms. The van der Waals surface area contributed by atoms with E-state index >= 15 is 0 Å². The minimum Gasteiger partial charge on any atom is -0.508 e. The second kappa shape index (κ2) is 5.58. The summed E-state index contributed by atoms with van der Waals surface area (Å²) in [5.41, 5.74) is 0.324. The molecule has 0 heterocycles. The highest BCUT2D eigenvalue weighted by atomic mass is 35.5. The summed E-state index contributed by atoms with van der Waals surface area (Å²) >= 11 is 5.81. The van der Waals surface area contributed by atoms with E-state index in [2.05, 4.69) is 0 Å². The highest BCUT2D eigenvalue weighted by molar-refractivity contribution is 6.30. The Bertz CT molecular complexity index is 615. The van der Waals surface area contributed by atoms with E-state index in [0.29, 0.717) is 16.3 Å². The first-order valence-electron chi connectivity index (χ1n) is 5.41. The Labute approximate surface area is 114 Å². The largest absolute Gasteiger partial charge is 0.508 e. The molecule has 98 valence electrons. The average Bonchev–Trinajstić information content (AvgIpc) is 2.36. The van der Waals surface area contributed by atoms with Crippen LogP contribution in [0.15, 0.2) is 42.5 Å². The molecule has 2 rings (SSSR count). The van der Waals surface area contributed by atoms with E-state index in [-0.39, 0.29) is 18.0 Å². The highest BCUT2D eigenvalue weighted by Crippen LogP contribution is 2.25. The van der Waals surface area contributed by atoms with Crippen LogP contribution < -0.4 is 4.74 Å². The van der Waals surface area contributed by atoms with Gasteiger partial charge in [0.1, 0.15) is 18.1 Å². The minimum absolute atomic E-state index is 0.000324. The molecule has 19 heavy (non-hydrogen) atoms. The zero-order valence-corrected chi connectivity index (χ0v) is 10.5. The first kappa shape index (κ1) is 13.2. The molecule has 0 atom stereocenters. The number of phenolic OH excluding ortho intramolecular Hbond substituents is 1. The monoisotopic (exact) mass is 279 g/mol. The summed E-state index contributed by atoms with van der Waals surface area (Å²) in [6.45, 7) is 0.000324. The van der Waals surface area contributed by atoms with Crippen molar-refractivity contribution in [2.24, 2.45) is 0 Å². The van der Waals surface area contributed by atoms with E-state index in [9.17, 15) is 15.2 Å². The molecule has 0 amide bonds. The molecular weight excluding hydrogens is 270 g/mol. The molecule has 0 aliphatic carbocycles. The van der Waals surface area contributed by atoms with Crippen LogP contribution in [0, 0.1) is 10.1 Å². The Balaban J connectivity index is 2.19. The Morgan fingerprint density at radius 3 is 2.74 bits per heavy atom. The van der Waals surface area contributed by atoms with Crippen LogP contribution >= 0.6 is 11.6 Å². The second-order valence-electron chi connectivity index (χ2n) is 3.82. The van der Waals surface area contributed by atoms with E-state index in [1.54, 1.807) is 12.1 Å². The van der Waals surface area contributed by atoms with E-state index < -0.39 is 4.92 Å². The lowest BCUT2D eigenvalue weighted by molar-refractivity contribution is -0.385. The summed E-state index contributed by atoms with van der Waals surface area (Å²) in [4.78, 5) is 10.4. The predicted molar refractivity (Wildman–Crippen MR) is 70.5 cm³/mol. The number of phenols is 1. The van der Waals surface area contributed by atoms with Gasteiger partial charge >= 0.3 is 0 Å². The fourth-order valence-corrected chi connectivity index (χ4v) is 1.78. The molecule has 0 aromatic heterocycles. The van der Waals surface area contributed by atoms with Crippen molar-refractivity contribution >= 4 is 17.3 Å². The van der Waals surface area contributed by atoms with Gasteiger partial charge in [-0.1, -0.05) is 17.7 Å². The van der Waals surface area contributed by atoms with Gasteiger partial charge in [0.2, 0.25) is 0 Å². The number of hydrogen-bond donors (Lipinski definition) is 1. The van der Waals surface area contributed by atoms with Gasteiger partial charge in [0.05, 0.1) is 10.5 Å². The van der Waals surface area contributed by atoms with Gasteiger partial charge in [0.25, 0.3) is 5.69 Å². The zero-order chi connectivity index (χ0) is 13.8. The van der Waals surface area contributed by atoms with Gasteiger partial charge in [-0.25, -0.2) is 0 Å². The molecule has 0 aliphatic heterocycles. The van der Waals surface area contributed by atoms with E-state index in [1.807, 2.05) is 0 Å². The van der Waals surface area contributed by atoms with Crippen LogP contribution in [-0.4, -0.2) is 10.0 Å². The van der Waals surface area contributed by atoms with Gasteiger partial charge in [0, 0.05) is 17.2 Å². The maximum Gasteiger partial charge on any atom is 0.276 e. The summed E-state index contributed by atoms with van der Waals surface area (Å²) in [6.07, 6.45) is 0. The van der Waals surface area contributed by atoms with Crippen LogP contribution in [0.2, 0.25) is 5.02 Å². The Hall–Kier alpha value is -2.27. The lowest BCUT2D eigenvalue weighted by Crippen LogP contribution is -2.00. The molecule has 0 saturated heterocycles. The number of halogens is 1. The summed E-state index contributed by atoms with van der Waals surface area (Å²) in [5, 5.41) is 20.6. The summed E-state index contributed by atoms with van der Waals surface area (Å²) in [6, 6.07) is 10.5. The number of ether oxygens (including phenoxy) is 1. The van der Waals surface area contributed by atoms with Gasteiger partial charge in [0.15, 0.2) is 0 Å². The van der Waals surface area contributed by atoms with Crippen LogP contribution in [0.5, 0.6) is 11.5 Å². The molecule has 0 spiro atoms. The zero-order valence-electron chi connectivity index (χ0n) is 9.75. The predicted octanol–water partition coefficient (Wildman–Crippen LogP) is 3.53. The van der Waals surface area contributed by atoms with Gasteiger partial charge in [-0.3, -0.25) is 10.1 Å². The fraction of sp³-hybridized carbons (Fsp3) is 0.0769. The van der Waals surface area contributed by atoms with Crippen molar-refractivity contribution in [2.75, 3.05) is 0 Å². The number of benzene rings is 2. The summed E-state index contributed by atoms with van der Waals surface area (Å²) in [5.74, 6) is 0.493. The second-order valence-corrected chi connectivity index (χ2v) is 4.25. The first-order valence-corrected chi connectivity index (χ1v) is 5.79. The number of nitro benzene ring substituents is 1. The molecule has 2 aromatic carbocycles. The van der Waals surface area contributed by atoms with Gasteiger partial charge in [-0.2, -0.15) is 0 Å². The van der Waals surface area contributed by atoms with Crippen LogP contribution in [0.25, 0.3) is 0 Å². The molecule has 2 aromatic rings. The molecule has 0 unspecified atom stereocenters. The third kappa shape index (κ3) is 3.35. The van der Waals surface area contributed by atoms with Crippen LogP contribution in [0.3, 0.4) is 0 Å². The molecule has 6 heteroatoms. The molecule has 5 nitrogen and oxygen atoms in total. The number of hydrogen-bond acceptors (Lipinski definition) is 4. The third-order valence-electron chi connectivity index (χ3n) is 2.45. The van der Waals surface area contributed by atoms with Gasteiger partial charge in [-0.15, -0.1) is 0 Å². The van der Waals surface area contributed by atoms with E-state index in [4.69, 9.17) is 16.3 Å². The van der Waals surface area contributed by atoms with Crippen molar-refractivity contribution in [1.29, 1.82) is 0 Å². The number of nitro groups is 1. The Kier molecular flexibility index (Phi) is 3.87.